The first-order valence-electron chi connectivity index (χ1n) is 8.27. The number of sulfone groups is 1. The molecule has 0 aliphatic carbocycles. The van der Waals surface area contributed by atoms with Crippen molar-refractivity contribution < 1.29 is 13.2 Å². The number of hydrogen-bond acceptors (Lipinski definition) is 3. The highest BCUT2D eigenvalue weighted by Crippen LogP contribution is 2.25. The Bertz CT molecular complexity index is 1040. The second-order valence-electron chi connectivity index (χ2n) is 6.39. The van der Waals surface area contributed by atoms with E-state index in [2.05, 4.69) is 6.92 Å². The highest BCUT2D eigenvalue weighted by Gasteiger charge is 2.18. The van der Waals surface area contributed by atoms with Crippen LogP contribution in [-0.2, 0) is 16.3 Å². The molecule has 1 aromatic heterocycles. The second-order valence-corrected chi connectivity index (χ2v) is 8.40. The van der Waals surface area contributed by atoms with Crippen LogP contribution in [0.25, 0.3) is 10.9 Å². The maximum atomic E-state index is 13.1. The molecule has 0 bridgehead atoms. The van der Waals surface area contributed by atoms with Crippen molar-refractivity contribution >= 4 is 26.6 Å². The molecule has 3 rings (SSSR count). The zero-order valence-corrected chi connectivity index (χ0v) is 15.4. The molecule has 5 heteroatoms. The predicted molar refractivity (Wildman–Crippen MR) is 100.0 cm³/mol. The summed E-state index contributed by atoms with van der Waals surface area (Å²) in [5.41, 5.74) is 3.35. The molecule has 0 spiro atoms. The van der Waals surface area contributed by atoms with Crippen molar-refractivity contribution in [2.45, 2.75) is 31.6 Å². The van der Waals surface area contributed by atoms with Crippen molar-refractivity contribution in [3.05, 3.63) is 65.4 Å². The lowest BCUT2D eigenvalue weighted by Crippen LogP contribution is -2.14. The molecule has 2 aromatic carbocycles. The molecule has 0 amide bonds. The molecular weight excluding hydrogens is 334 g/mol. The number of rotatable bonds is 4. The topological polar surface area (TPSA) is 56.1 Å². The highest BCUT2D eigenvalue weighted by molar-refractivity contribution is 7.90. The van der Waals surface area contributed by atoms with Gasteiger partial charge in [0.15, 0.2) is 9.84 Å². The van der Waals surface area contributed by atoms with Crippen LogP contribution in [0.2, 0.25) is 0 Å². The van der Waals surface area contributed by atoms with Crippen LogP contribution in [0, 0.1) is 6.92 Å². The van der Waals surface area contributed by atoms with Crippen LogP contribution in [0.4, 0.5) is 0 Å². The largest absolute Gasteiger partial charge is 0.280 e. The van der Waals surface area contributed by atoms with Gasteiger partial charge in [0.2, 0.25) is 0 Å². The van der Waals surface area contributed by atoms with Gasteiger partial charge in [-0.2, -0.15) is 0 Å². The molecule has 130 valence electrons. The van der Waals surface area contributed by atoms with E-state index < -0.39 is 9.84 Å². The number of aromatic nitrogens is 1. The van der Waals surface area contributed by atoms with Crippen LogP contribution >= 0.6 is 0 Å². The molecule has 1 heterocycles. The quantitative estimate of drug-likeness (QED) is 0.711. The van der Waals surface area contributed by atoms with Crippen LogP contribution in [0.3, 0.4) is 0 Å². The zero-order valence-electron chi connectivity index (χ0n) is 14.6. The normalized spacial score (nSPS) is 11.8. The number of benzene rings is 2. The number of hydrogen-bond donors (Lipinski definition) is 0. The third-order valence-corrected chi connectivity index (χ3v) is 5.40. The van der Waals surface area contributed by atoms with Crippen LogP contribution in [0.5, 0.6) is 0 Å². The Hall–Kier alpha value is -2.40. The Morgan fingerprint density at radius 2 is 1.72 bits per heavy atom. The van der Waals surface area contributed by atoms with Gasteiger partial charge in [-0.3, -0.25) is 9.36 Å². The van der Waals surface area contributed by atoms with Gasteiger partial charge in [0.1, 0.15) is 0 Å². The fourth-order valence-electron chi connectivity index (χ4n) is 2.99. The summed E-state index contributed by atoms with van der Waals surface area (Å²) in [5.74, 6) is -0.0921. The fourth-order valence-corrected chi connectivity index (χ4v) is 3.64. The number of aryl methyl sites for hydroxylation is 2. The van der Waals surface area contributed by atoms with Crippen molar-refractivity contribution in [2.24, 2.45) is 0 Å². The molecule has 0 fully saturated rings. The summed E-state index contributed by atoms with van der Waals surface area (Å²) in [4.78, 5) is 13.3. The summed E-state index contributed by atoms with van der Waals surface area (Å²) in [5, 5.41) is 0.770. The minimum absolute atomic E-state index is 0.0921. The van der Waals surface area contributed by atoms with E-state index in [0.29, 0.717) is 5.56 Å². The van der Waals surface area contributed by atoms with Crippen molar-refractivity contribution in [1.29, 1.82) is 0 Å². The minimum atomic E-state index is -3.28. The second kappa shape index (κ2) is 6.48. The SMILES string of the molecule is CCCc1cc2cc(S(C)(=O)=O)ccc2n1C(=O)c1ccc(C)cc1. The lowest BCUT2D eigenvalue weighted by Gasteiger charge is -2.09. The average Bonchev–Trinajstić information content (AvgIpc) is 2.91. The molecule has 0 saturated heterocycles. The summed E-state index contributed by atoms with van der Waals surface area (Å²) < 4.78 is 25.3. The van der Waals surface area contributed by atoms with E-state index in [9.17, 15) is 13.2 Å². The van der Waals surface area contributed by atoms with Crippen molar-refractivity contribution in [3.63, 3.8) is 0 Å². The molecule has 25 heavy (non-hydrogen) atoms. The van der Waals surface area contributed by atoms with Gasteiger partial charge in [-0.05, 0) is 49.7 Å². The first kappa shape index (κ1) is 17.4. The Morgan fingerprint density at radius 3 is 2.32 bits per heavy atom. The standard InChI is InChI=1S/C20H21NO3S/c1-4-5-17-12-16-13-18(25(3,23)24)10-11-19(16)21(17)20(22)15-8-6-14(2)7-9-15/h6-13H,4-5H2,1-3H3. The predicted octanol–water partition coefficient (Wildman–Crippen LogP) is 3.99. The van der Waals surface area contributed by atoms with Gasteiger partial charge in [0, 0.05) is 22.9 Å². The summed E-state index contributed by atoms with van der Waals surface area (Å²) in [6, 6.07) is 14.3. The van der Waals surface area contributed by atoms with E-state index in [0.717, 1.165) is 35.0 Å². The highest BCUT2D eigenvalue weighted by atomic mass is 32.2. The third-order valence-electron chi connectivity index (χ3n) is 4.29. The smallest absolute Gasteiger partial charge is 0.262 e. The lowest BCUT2D eigenvalue weighted by molar-refractivity contribution is 0.0962. The molecule has 0 aliphatic heterocycles. The van der Waals surface area contributed by atoms with E-state index in [1.807, 2.05) is 37.3 Å². The van der Waals surface area contributed by atoms with Gasteiger partial charge in [-0.25, -0.2) is 8.42 Å². The van der Waals surface area contributed by atoms with Gasteiger partial charge in [-0.1, -0.05) is 31.0 Å². The van der Waals surface area contributed by atoms with Crippen molar-refractivity contribution in [3.8, 4) is 0 Å². The third kappa shape index (κ3) is 3.37. The van der Waals surface area contributed by atoms with Gasteiger partial charge in [0.05, 0.1) is 10.4 Å². The Labute approximate surface area is 148 Å². The molecule has 0 saturated carbocycles. The first-order valence-corrected chi connectivity index (χ1v) is 10.2. The van der Waals surface area contributed by atoms with E-state index in [1.165, 1.54) is 6.26 Å². The number of carbonyl (C=O) groups is 1. The number of carbonyl (C=O) groups excluding carboxylic acids is 1. The van der Waals surface area contributed by atoms with Crippen molar-refractivity contribution in [1.82, 2.24) is 4.57 Å². The first-order chi connectivity index (χ1) is 11.8. The van der Waals surface area contributed by atoms with Gasteiger partial charge < -0.3 is 0 Å². The summed E-state index contributed by atoms with van der Waals surface area (Å²) in [6.07, 6.45) is 2.84. The van der Waals surface area contributed by atoms with Crippen LogP contribution in [0.15, 0.2) is 53.4 Å². The Balaban J connectivity index is 2.19. The van der Waals surface area contributed by atoms with Gasteiger partial charge >= 0.3 is 0 Å². The molecule has 3 aromatic rings. The molecule has 0 aliphatic rings. The molecule has 0 N–H and O–H groups in total. The number of nitrogens with zero attached hydrogens (tertiary/aromatic N) is 1. The molecule has 4 nitrogen and oxygen atoms in total. The van der Waals surface area contributed by atoms with E-state index >= 15 is 0 Å². The summed E-state index contributed by atoms with van der Waals surface area (Å²) in [7, 11) is -3.28. The van der Waals surface area contributed by atoms with Crippen molar-refractivity contribution in [2.75, 3.05) is 6.26 Å². The van der Waals surface area contributed by atoms with E-state index in [-0.39, 0.29) is 10.8 Å². The molecule has 0 unspecified atom stereocenters. The molecular formula is C20H21NO3S. The van der Waals surface area contributed by atoms with Crippen LogP contribution in [0.1, 0.15) is 35.0 Å². The Kier molecular flexibility index (Phi) is 4.52. The monoisotopic (exact) mass is 355 g/mol. The van der Waals surface area contributed by atoms with Gasteiger partial charge in [-0.15, -0.1) is 0 Å². The average molecular weight is 355 g/mol. The van der Waals surface area contributed by atoms with E-state index in [1.54, 1.807) is 22.8 Å². The van der Waals surface area contributed by atoms with Crippen LogP contribution < -0.4 is 0 Å². The summed E-state index contributed by atoms with van der Waals surface area (Å²) in [6.45, 7) is 4.04. The lowest BCUT2D eigenvalue weighted by atomic mass is 10.1. The van der Waals surface area contributed by atoms with Crippen LogP contribution in [-0.4, -0.2) is 25.1 Å². The molecule has 0 radical (unpaired) electrons. The van der Waals surface area contributed by atoms with E-state index in [4.69, 9.17) is 0 Å². The molecule has 0 atom stereocenters. The zero-order chi connectivity index (χ0) is 18.2. The summed E-state index contributed by atoms with van der Waals surface area (Å²) >= 11 is 0. The maximum Gasteiger partial charge on any atom is 0.262 e. The Morgan fingerprint density at radius 1 is 1.04 bits per heavy atom. The minimum Gasteiger partial charge on any atom is -0.280 e. The fraction of sp³-hybridized carbons (Fsp3) is 0.250. The number of fused-ring (bicyclic) bond motifs is 1. The van der Waals surface area contributed by atoms with Gasteiger partial charge in [0.25, 0.3) is 5.91 Å². The maximum absolute atomic E-state index is 13.1.